The van der Waals surface area contributed by atoms with Gasteiger partial charge in [0, 0.05) is 35.4 Å². The van der Waals surface area contributed by atoms with E-state index in [4.69, 9.17) is 0 Å². The maximum absolute atomic E-state index is 4.37. The number of aromatic nitrogens is 1. The highest BCUT2D eigenvalue weighted by Gasteiger charge is 2.43. The van der Waals surface area contributed by atoms with E-state index < -0.39 is 0 Å². The van der Waals surface area contributed by atoms with Gasteiger partial charge in [-0.05, 0) is 67.4 Å². The Morgan fingerprint density at radius 3 is 3.09 bits per heavy atom. The maximum Gasteiger partial charge on any atom is 0.0740 e. The highest BCUT2D eigenvalue weighted by molar-refractivity contribution is 5.67. The second-order valence-electron chi connectivity index (χ2n) is 6.98. The van der Waals surface area contributed by atoms with E-state index in [1.165, 1.54) is 47.6 Å². The van der Waals surface area contributed by atoms with Gasteiger partial charge in [-0.25, -0.2) is 0 Å². The van der Waals surface area contributed by atoms with E-state index in [-0.39, 0.29) is 0 Å². The van der Waals surface area contributed by atoms with Crippen LogP contribution in [0.1, 0.15) is 36.8 Å². The number of fused-ring (bicyclic) bond motifs is 3. The summed E-state index contributed by atoms with van der Waals surface area (Å²) >= 11 is 0. The fourth-order valence-corrected chi connectivity index (χ4v) is 4.62. The van der Waals surface area contributed by atoms with Gasteiger partial charge in [0.15, 0.2) is 0 Å². The Bertz CT molecular complexity index is 812. The van der Waals surface area contributed by atoms with E-state index in [0.717, 1.165) is 0 Å². The molecule has 116 valence electrons. The number of likely N-dealkylation sites (tertiary alicyclic amines) is 1. The molecule has 0 N–H and O–H groups in total. The third-order valence-electron chi connectivity index (χ3n) is 5.72. The minimum atomic E-state index is 0.360. The summed E-state index contributed by atoms with van der Waals surface area (Å²) in [4.78, 5) is 9.40. The average Bonchev–Trinajstić information content (AvgIpc) is 2.83. The molecule has 3 nitrogen and oxygen atoms in total. The number of rotatable bonds is 0. The second kappa shape index (κ2) is 4.68. The number of hydrogen-bond donors (Lipinski definition) is 0. The Labute approximate surface area is 137 Å². The Balaban J connectivity index is 1.79. The largest absolute Gasteiger partial charge is 0.315 e. The Kier molecular flexibility index (Phi) is 2.71. The summed E-state index contributed by atoms with van der Waals surface area (Å²) in [6.45, 7) is 3.48. The Morgan fingerprint density at radius 2 is 2.17 bits per heavy atom. The van der Waals surface area contributed by atoms with Crippen LogP contribution in [-0.4, -0.2) is 34.4 Å². The van der Waals surface area contributed by atoms with E-state index >= 15 is 0 Å². The van der Waals surface area contributed by atoms with Gasteiger partial charge in [0.25, 0.3) is 0 Å². The lowest BCUT2D eigenvalue weighted by atomic mass is 9.91. The normalized spacial score (nSPS) is 28.7. The molecule has 5 rings (SSSR count). The molecular formula is C20H21N3. The fourth-order valence-electron chi connectivity index (χ4n) is 4.62. The van der Waals surface area contributed by atoms with Crippen LogP contribution >= 0.6 is 0 Å². The first-order valence-corrected chi connectivity index (χ1v) is 8.53. The van der Waals surface area contributed by atoms with Crippen molar-refractivity contribution < 1.29 is 0 Å². The summed E-state index contributed by atoms with van der Waals surface area (Å²) in [7, 11) is 2.26. The topological polar surface area (TPSA) is 19.4 Å². The zero-order valence-corrected chi connectivity index (χ0v) is 13.7. The molecule has 4 aliphatic heterocycles. The molecule has 0 bridgehead atoms. The summed E-state index contributed by atoms with van der Waals surface area (Å²) < 4.78 is 0. The van der Waals surface area contributed by atoms with Crippen LogP contribution in [-0.2, 0) is 0 Å². The van der Waals surface area contributed by atoms with Gasteiger partial charge in [0.05, 0.1) is 6.04 Å². The summed E-state index contributed by atoms with van der Waals surface area (Å²) in [5.74, 6) is 0.360. The highest BCUT2D eigenvalue weighted by Crippen LogP contribution is 2.49. The van der Waals surface area contributed by atoms with Gasteiger partial charge in [-0.2, -0.15) is 0 Å². The van der Waals surface area contributed by atoms with Crippen LogP contribution in [0.4, 0.5) is 0 Å². The molecule has 0 saturated carbocycles. The van der Waals surface area contributed by atoms with Crippen molar-refractivity contribution in [3.63, 3.8) is 0 Å². The minimum absolute atomic E-state index is 0.360. The van der Waals surface area contributed by atoms with Crippen LogP contribution in [0.3, 0.4) is 0 Å². The third-order valence-corrected chi connectivity index (χ3v) is 5.72. The molecule has 1 unspecified atom stereocenters. The Hall–Kier alpha value is -2.13. The molecule has 0 radical (unpaired) electrons. The van der Waals surface area contributed by atoms with E-state index in [9.17, 15) is 0 Å². The molecule has 0 aromatic carbocycles. The molecule has 2 atom stereocenters. The van der Waals surface area contributed by atoms with Crippen molar-refractivity contribution in [3.05, 3.63) is 70.5 Å². The quantitative estimate of drug-likeness (QED) is 0.729. The molecule has 1 aromatic rings. The van der Waals surface area contributed by atoms with Crippen LogP contribution in [0, 0.1) is 0 Å². The molecule has 0 spiro atoms. The van der Waals surface area contributed by atoms with Crippen LogP contribution in [0.15, 0.2) is 59.4 Å². The highest BCUT2D eigenvalue weighted by atomic mass is 15.3. The van der Waals surface area contributed by atoms with Gasteiger partial charge >= 0.3 is 0 Å². The molecule has 5 heterocycles. The second-order valence-corrected chi connectivity index (χ2v) is 6.98. The molecule has 1 saturated heterocycles. The number of allylic oxidation sites excluding steroid dienone is 4. The molecular weight excluding hydrogens is 282 g/mol. The van der Waals surface area contributed by atoms with Crippen molar-refractivity contribution in [1.82, 2.24) is 14.8 Å². The van der Waals surface area contributed by atoms with Crippen LogP contribution < -0.4 is 0 Å². The molecule has 3 heteroatoms. The number of piperidine rings is 1. The van der Waals surface area contributed by atoms with Gasteiger partial charge < -0.3 is 4.90 Å². The molecule has 0 aliphatic carbocycles. The van der Waals surface area contributed by atoms with E-state index in [2.05, 4.69) is 59.1 Å². The SMILES string of the molecule is CC1C2=CC=CC3=C4CCCN(C)[C@H]4C(=Cc4ccncc41)N23. The predicted octanol–water partition coefficient (Wildman–Crippen LogP) is 3.66. The molecule has 4 aliphatic rings. The maximum atomic E-state index is 4.37. The molecule has 1 fully saturated rings. The Morgan fingerprint density at radius 1 is 1.26 bits per heavy atom. The van der Waals surface area contributed by atoms with Gasteiger partial charge in [-0.1, -0.05) is 13.0 Å². The first-order chi connectivity index (χ1) is 11.3. The summed E-state index contributed by atoms with van der Waals surface area (Å²) in [6.07, 6.45) is 15.6. The van der Waals surface area contributed by atoms with Crippen molar-refractivity contribution in [2.45, 2.75) is 31.7 Å². The number of pyridine rings is 1. The monoisotopic (exact) mass is 303 g/mol. The minimum Gasteiger partial charge on any atom is -0.315 e. The van der Waals surface area contributed by atoms with Crippen LogP contribution in [0.25, 0.3) is 6.08 Å². The smallest absolute Gasteiger partial charge is 0.0740 e. The lowest BCUT2D eigenvalue weighted by Gasteiger charge is -2.34. The van der Waals surface area contributed by atoms with Gasteiger partial charge in [0.1, 0.15) is 0 Å². The first kappa shape index (κ1) is 13.3. The summed E-state index contributed by atoms with van der Waals surface area (Å²) in [5, 5.41) is 0. The van der Waals surface area contributed by atoms with Crippen LogP contribution in [0.2, 0.25) is 0 Å². The van der Waals surface area contributed by atoms with Crippen molar-refractivity contribution in [2.75, 3.05) is 13.6 Å². The standard InChI is InChI=1S/C20H21N3/c1-13-16-12-21-9-8-14(16)11-19-20-15(5-4-10-22(20)2)18-7-3-6-17(13)23(18)19/h3,6-9,11-13,20H,4-5,10H2,1-2H3/t13?,20-/m1/s1. The van der Waals surface area contributed by atoms with E-state index in [1.54, 1.807) is 5.57 Å². The predicted molar refractivity (Wildman–Crippen MR) is 92.4 cm³/mol. The zero-order chi connectivity index (χ0) is 15.6. The molecule has 1 aromatic heterocycles. The van der Waals surface area contributed by atoms with Gasteiger partial charge in [0.2, 0.25) is 0 Å². The van der Waals surface area contributed by atoms with Crippen molar-refractivity contribution in [1.29, 1.82) is 0 Å². The summed E-state index contributed by atoms with van der Waals surface area (Å²) in [5.41, 5.74) is 8.46. The number of nitrogens with zero attached hydrogens (tertiary/aromatic N) is 3. The number of hydrogen-bond acceptors (Lipinski definition) is 3. The lowest BCUT2D eigenvalue weighted by Crippen LogP contribution is -2.38. The molecule has 0 amide bonds. The van der Waals surface area contributed by atoms with E-state index in [0.29, 0.717) is 12.0 Å². The lowest BCUT2D eigenvalue weighted by molar-refractivity contribution is 0.257. The fraction of sp³-hybridized carbons (Fsp3) is 0.350. The van der Waals surface area contributed by atoms with Gasteiger partial charge in [-0.3, -0.25) is 9.88 Å². The van der Waals surface area contributed by atoms with E-state index in [1.807, 2.05) is 12.4 Å². The van der Waals surface area contributed by atoms with Crippen molar-refractivity contribution in [2.24, 2.45) is 0 Å². The third kappa shape index (κ3) is 1.71. The number of likely N-dealkylation sites (N-methyl/N-ethyl adjacent to an activating group) is 1. The molecule has 23 heavy (non-hydrogen) atoms. The van der Waals surface area contributed by atoms with Crippen molar-refractivity contribution >= 4 is 6.08 Å². The van der Waals surface area contributed by atoms with Crippen LogP contribution in [0.5, 0.6) is 0 Å². The van der Waals surface area contributed by atoms with Gasteiger partial charge in [-0.15, -0.1) is 0 Å². The average molecular weight is 303 g/mol. The van der Waals surface area contributed by atoms with Crippen molar-refractivity contribution in [3.8, 4) is 0 Å². The zero-order valence-electron chi connectivity index (χ0n) is 13.7. The summed E-state index contributed by atoms with van der Waals surface area (Å²) in [6, 6.07) is 2.59. The first-order valence-electron chi connectivity index (χ1n) is 8.53.